The molecule has 0 spiro atoms. The molecule has 1 N–H and O–H groups in total. The summed E-state index contributed by atoms with van der Waals surface area (Å²) in [6.07, 6.45) is 0. The van der Waals surface area contributed by atoms with Crippen LogP contribution in [0.15, 0.2) is 36.4 Å². The number of nitrogens with zero attached hydrogens (tertiary/aromatic N) is 1. The molecule has 1 aliphatic rings. The zero-order chi connectivity index (χ0) is 11.8. The van der Waals surface area contributed by atoms with Crippen LogP contribution in [0.5, 0.6) is 0 Å². The quantitative estimate of drug-likeness (QED) is 0.791. The number of nitrogens with one attached hydrogen (secondary N) is 1. The third-order valence-corrected chi connectivity index (χ3v) is 3.64. The molecule has 0 aliphatic carbocycles. The minimum Gasteiger partial charge on any atom is -0.346 e. The van der Waals surface area contributed by atoms with Crippen LogP contribution in [0, 0.1) is 13.8 Å². The van der Waals surface area contributed by atoms with E-state index in [1.807, 2.05) is 0 Å². The molecular formula is C15H18N2. The van der Waals surface area contributed by atoms with Crippen molar-refractivity contribution in [2.75, 3.05) is 6.54 Å². The predicted octanol–water partition coefficient (Wildman–Crippen LogP) is 2.80. The van der Waals surface area contributed by atoms with Gasteiger partial charge in [-0.25, -0.2) is 0 Å². The van der Waals surface area contributed by atoms with E-state index in [0.717, 1.165) is 13.1 Å². The molecule has 1 unspecified atom stereocenters. The second-order valence-electron chi connectivity index (χ2n) is 4.80. The van der Waals surface area contributed by atoms with E-state index in [1.54, 1.807) is 0 Å². The summed E-state index contributed by atoms with van der Waals surface area (Å²) in [7, 11) is 0. The summed E-state index contributed by atoms with van der Waals surface area (Å²) in [5.74, 6) is 0. The Bertz CT molecular complexity index is 525. The Hall–Kier alpha value is -1.54. The fourth-order valence-electron chi connectivity index (χ4n) is 2.89. The van der Waals surface area contributed by atoms with E-state index >= 15 is 0 Å². The summed E-state index contributed by atoms with van der Waals surface area (Å²) in [5.41, 5.74) is 5.55. The maximum atomic E-state index is 3.62. The first kappa shape index (κ1) is 10.6. The monoisotopic (exact) mass is 226 g/mol. The maximum Gasteiger partial charge on any atom is 0.0734 e. The average molecular weight is 226 g/mol. The third-order valence-electron chi connectivity index (χ3n) is 3.64. The first-order chi connectivity index (χ1) is 8.27. The van der Waals surface area contributed by atoms with Gasteiger partial charge in [0.05, 0.1) is 6.04 Å². The van der Waals surface area contributed by atoms with Crippen molar-refractivity contribution in [3.8, 4) is 0 Å². The second-order valence-corrected chi connectivity index (χ2v) is 4.80. The summed E-state index contributed by atoms with van der Waals surface area (Å²) in [4.78, 5) is 0. The molecule has 2 heteroatoms. The second kappa shape index (κ2) is 4.04. The molecule has 2 nitrogen and oxygen atoms in total. The summed E-state index contributed by atoms with van der Waals surface area (Å²) in [5, 5.41) is 3.62. The Morgan fingerprint density at radius 1 is 1.18 bits per heavy atom. The molecular weight excluding hydrogens is 208 g/mol. The number of fused-ring (bicyclic) bond motifs is 1. The molecule has 0 saturated carbocycles. The normalized spacial score (nSPS) is 19.1. The number of rotatable bonds is 1. The molecule has 1 aromatic carbocycles. The van der Waals surface area contributed by atoms with E-state index in [9.17, 15) is 0 Å². The van der Waals surface area contributed by atoms with Crippen LogP contribution in [0.2, 0.25) is 0 Å². The summed E-state index contributed by atoms with van der Waals surface area (Å²) < 4.78 is 2.45. The van der Waals surface area contributed by atoms with Gasteiger partial charge in [-0.3, -0.25) is 0 Å². The van der Waals surface area contributed by atoms with Gasteiger partial charge in [0, 0.05) is 24.5 Å². The minimum atomic E-state index is 0.346. The van der Waals surface area contributed by atoms with Crippen molar-refractivity contribution in [3.05, 3.63) is 58.9 Å². The van der Waals surface area contributed by atoms with Gasteiger partial charge in [0.1, 0.15) is 0 Å². The van der Waals surface area contributed by atoms with Crippen molar-refractivity contribution in [3.63, 3.8) is 0 Å². The van der Waals surface area contributed by atoms with E-state index < -0.39 is 0 Å². The first-order valence-electron chi connectivity index (χ1n) is 6.22. The molecule has 17 heavy (non-hydrogen) atoms. The van der Waals surface area contributed by atoms with Crippen LogP contribution < -0.4 is 5.32 Å². The van der Waals surface area contributed by atoms with Crippen LogP contribution in [0.4, 0.5) is 0 Å². The van der Waals surface area contributed by atoms with Gasteiger partial charge >= 0.3 is 0 Å². The maximum absolute atomic E-state index is 3.62. The third kappa shape index (κ3) is 1.69. The van der Waals surface area contributed by atoms with Gasteiger partial charge in [-0.15, -0.1) is 0 Å². The Morgan fingerprint density at radius 3 is 2.71 bits per heavy atom. The molecule has 0 bridgehead atoms. The van der Waals surface area contributed by atoms with Crippen LogP contribution >= 0.6 is 0 Å². The SMILES string of the molecule is Cc1cc(C)n2c1C(c1ccccc1)NCC2. The van der Waals surface area contributed by atoms with Crippen molar-refractivity contribution < 1.29 is 0 Å². The lowest BCUT2D eigenvalue weighted by atomic mass is 10.00. The van der Waals surface area contributed by atoms with Crippen molar-refractivity contribution >= 4 is 0 Å². The van der Waals surface area contributed by atoms with Crippen LogP contribution in [0.3, 0.4) is 0 Å². The number of aromatic nitrogens is 1. The average Bonchev–Trinajstić information content (AvgIpc) is 2.66. The fourth-order valence-corrected chi connectivity index (χ4v) is 2.89. The van der Waals surface area contributed by atoms with Crippen molar-refractivity contribution in [2.45, 2.75) is 26.4 Å². The highest BCUT2D eigenvalue weighted by Crippen LogP contribution is 2.29. The van der Waals surface area contributed by atoms with E-state index in [-0.39, 0.29) is 0 Å². The molecule has 3 rings (SSSR count). The molecule has 0 fully saturated rings. The van der Waals surface area contributed by atoms with Crippen LogP contribution in [-0.4, -0.2) is 11.1 Å². The van der Waals surface area contributed by atoms with E-state index in [1.165, 1.54) is 22.5 Å². The number of hydrogen-bond acceptors (Lipinski definition) is 1. The Kier molecular flexibility index (Phi) is 2.52. The zero-order valence-corrected chi connectivity index (χ0v) is 10.4. The lowest BCUT2D eigenvalue weighted by Crippen LogP contribution is -2.34. The highest BCUT2D eigenvalue weighted by atomic mass is 15.1. The highest BCUT2D eigenvalue weighted by Gasteiger charge is 2.24. The molecule has 0 saturated heterocycles. The van der Waals surface area contributed by atoms with Crippen molar-refractivity contribution in [1.82, 2.24) is 9.88 Å². The highest BCUT2D eigenvalue weighted by molar-refractivity contribution is 5.37. The molecule has 0 radical (unpaired) electrons. The molecule has 1 atom stereocenters. The standard InChI is InChI=1S/C15H18N2/c1-11-10-12(2)17-9-8-16-14(15(11)17)13-6-4-3-5-7-13/h3-7,10,14,16H,8-9H2,1-2H3. The predicted molar refractivity (Wildman–Crippen MR) is 70.2 cm³/mol. The van der Waals surface area contributed by atoms with Gasteiger partial charge < -0.3 is 9.88 Å². The van der Waals surface area contributed by atoms with Gasteiger partial charge in [-0.1, -0.05) is 30.3 Å². The molecule has 88 valence electrons. The van der Waals surface area contributed by atoms with Crippen LogP contribution in [0.25, 0.3) is 0 Å². The lowest BCUT2D eigenvalue weighted by Gasteiger charge is -2.28. The Labute approximate surface area is 102 Å². The molecule has 2 aromatic rings. The molecule has 1 aromatic heterocycles. The fraction of sp³-hybridized carbons (Fsp3) is 0.333. The van der Waals surface area contributed by atoms with Crippen LogP contribution in [0.1, 0.15) is 28.6 Å². The zero-order valence-electron chi connectivity index (χ0n) is 10.4. The number of aryl methyl sites for hydroxylation is 2. The molecule has 2 heterocycles. The number of benzene rings is 1. The smallest absolute Gasteiger partial charge is 0.0734 e. The Morgan fingerprint density at radius 2 is 1.94 bits per heavy atom. The topological polar surface area (TPSA) is 17.0 Å². The van der Waals surface area contributed by atoms with E-state index in [0.29, 0.717) is 6.04 Å². The van der Waals surface area contributed by atoms with Crippen molar-refractivity contribution in [2.24, 2.45) is 0 Å². The Balaban J connectivity index is 2.11. The first-order valence-corrected chi connectivity index (χ1v) is 6.22. The largest absolute Gasteiger partial charge is 0.346 e. The van der Waals surface area contributed by atoms with Crippen molar-refractivity contribution in [1.29, 1.82) is 0 Å². The summed E-state index contributed by atoms with van der Waals surface area (Å²) >= 11 is 0. The summed E-state index contributed by atoms with van der Waals surface area (Å²) in [6.45, 7) is 6.53. The molecule has 0 amide bonds. The van der Waals surface area contributed by atoms with Gasteiger partial charge in [0.25, 0.3) is 0 Å². The van der Waals surface area contributed by atoms with Gasteiger partial charge in [-0.05, 0) is 31.0 Å². The minimum absolute atomic E-state index is 0.346. The lowest BCUT2D eigenvalue weighted by molar-refractivity contribution is 0.460. The van der Waals surface area contributed by atoms with Gasteiger partial charge in [-0.2, -0.15) is 0 Å². The van der Waals surface area contributed by atoms with Crippen LogP contribution in [-0.2, 0) is 6.54 Å². The van der Waals surface area contributed by atoms with E-state index in [4.69, 9.17) is 0 Å². The van der Waals surface area contributed by atoms with Gasteiger partial charge in [0.15, 0.2) is 0 Å². The number of hydrogen-bond donors (Lipinski definition) is 1. The molecule has 1 aliphatic heterocycles. The van der Waals surface area contributed by atoms with E-state index in [2.05, 4.69) is 60.1 Å². The summed E-state index contributed by atoms with van der Waals surface area (Å²) in [6, 6.07) is 13.3. The van der Waals surface area contributed by atoms with Gasteiger partial charge in [0.2, 0.25) is 0 Å².